The van der Waals surface area contributed by atoms with Gasteiger partial charge in [-0.1, -0.05) is 13.8 Å². The lowest BCUT2D eigenvalue weighted by molar-refractivity contribution is 0.288. The van der Waals surface area contributed by atoms with E-state index in [2.05, 4.69) is 62.2 Å². The van der Waals surface area contributed by atoms with Crippen LogP contribution in [0, 0.1) is 19.8 Å². The van der Waals surface area contributed by atoms with E-state index in [1.165, 1.54) is 11.3 Å². The Morgan fingerprint density at radius 2 is 1.94 bits per heavy atom. The standard InChI is InChI=1S/C13H26N4/c1-9(2)13(8-17(5)6)14-7-12-10(3)15-16-11(12)4/h9,13-14H,7-8H2,1-6H3,(H,15,16). The van der Waals surface area contributed by atoms with Crippen LogP contribution < -0.4 is 5.32 Å². The lowest BCUT2D eigenvalue weighted by Gasteiger charge is -2.25. The van der Waals surface area contributed by atoms with Crippen molar-refractivity contribution in [2.24, 2.45) is 5.92 Å². The summed E-state index contributed by atoms with van der Waals surface area (Å²) in [6.07, 6.45) is 0. The molecule has 0 saturated carbocycles. The molecule has 98 valence electrons. The van der Waals surface area contributed by atoms with Crippen molar-refractivity contribution >= 4 is 0 Å². The van der Waals surface area contributed by atoms with Crippen molar-refractivity contribution in [3.8, 4) is 0 Å². The first-order valence-corrected chi connectivity index (χ1v) is 6.30. The zero-order valence-corrected chi connectivity index (χ0v) is 12.0. The topological polar surface area (TPSA) is 44.0 Å². The van der Waals surface area contributed by atoms with Crippen molar-refractivity contribution in [2.75, 3.05) is 20.6 Å². The summed E-state index contributed by atoms with van der Waals surface area (Å²) in [5.41, 5.74) is 3.57. The van der Waals surface area contributed by atoms with Gasteiger partial charge in [0.25, 0.3) is 0 Å². The largest absolute Gasteiger partial charge is 0.308 e. The van der Waals surface area contributed by atoms with E-state index in [0.717, 1.165) is 18.8 Å². The molecule has 1 aromatic heterocycles. The van der Waals surface area contributed by atoms with Crippen molar-refractivity contribution in [2.45, 2.75) is 40.3 Å². The highest BCUT2D eigenvalue weighted by atomic mass is 15.1. The molecule has 4 heteroatoms. The van der Waals surface area contributed by atoms with Gasteiger partial charge in [-0.05, 0) is 33.9 Å². The zero-order valence-electron chi connectivity index (χ0n) is 12.0. The van der Waals surface area contributed by atoms with Crippen LogP contribution in [0.1, 0.15) is 30.8 Å². The molecular weight excluding hydrogens is 212 g/mol. The molecule has 0 radical (unpaired) electrons. The van der Waals surface area contributed by atoms with E-state index in [-0.39, 0.29) is 0 Å². The Bertz CT molecular complexity index is 322. The molecule has 1 aromatic rings. The van der Waals surface area contributed by atoms with Crippen LogP contribution in [0.2, 0.25) is 0 Å². The van der Waals surface area contributed by atoms with E-state index in [9.17, 15) is 0 Å². The lowest BCUT2D eigenvalue weighted by atomic mass is 10.0. The summed E-state index contributed by atoms with van der Waals surface area (Å²) < 4.78 is 0. The van der Waals surface area contributed by atoms with Gasteiger partial charge in [-0.3, -0.25) is 5.10 Å². The van der Waals surface area contributed by atoms with Crippen LogP contribution in [0.15, 0.2) is 0 Å². The van der Waals surface area contributed by atoms with Crippen molar-refractivity contribution < 1.29 is 0 Å². The van der Waals surface area contributed by atoms with E-state index >= 15 is 0 Å². The third-order valence-electron chi connectivity index (χ3n) is 3.19. The van der Waals surface area contributed by atoms with Crippen molar-refractivity contribution in [3.05, 3.63) is 17.0 Å². The van der Waals surface area contributed by atoms with Crippen LogP contribution in [-0.2, 0) is 6.54 Å². The molecule has 0 aromatic carbocycles. The van der Waals surface area contributed by atoms with Crippen LogP contribution >= 0.6 is 0 Å². The normalized spacial score (nSPS) is 13.6. The number of aryl methyl sites for hydroxylation is 2. The second-order valence-electron chi connectivity index (χ2n) is 5.41. The Morgan fingerprint density at radius 1 is 1.29 bits per heavy atom. The molecule has 2 N–H and O–H groups in total. The molecule has 0 amide bonds. The second-order valence-corrected chi connectivity index (χ2v) is 5.41. The van der Waals surface area contributed by atoms with Crippen LogP contribution in [0.5, 0.6) is 0 Å². The Morgan fingerprint density at radius 3 is 2.35 bits per heavy atom. The van der Waals surface area contributed by atoms with Gasteiger partial charge in [-0.2, -0.15) is 5.10 Å². The van der Waals surface area contributed by atoms with Gasteiger partial charge in [-0.15, -0.1) is 0 Å². The number of likely N-dealkylation sites (N-methyl/N-ethyl adjacent to an activating group) is 1. The maximum atomic E-state index is 4.22. The summed E-state index contributed by atoms with van der Waals surface area (Å²) in [6, 6.07) is 0.513. The Kier molecular flexibility index (Phi) is 5.15. The van der Waals surface area contributed by atoms with Gasteiger partial charge in [-0.25, -0.2) is 0 Å². The number of aromatic nitrogens is 2. The Hall–Kier alpha value is -0.870. The minimum absolute atomic E-state index is 0.513. The monoisotopic (exact) mass is 238 g/mol. The number of nitrogens with one attached hydrogen (secondary N) is 2. The molecule has 1 heterocycles. The summed E-state index contributed by atoms with van der Waals surface area (Å²) in [5.74, 6) is 0.630. The Labute approximate surface area is 105 Å². The SMILES string of the molecule is Cc1n[nH]c(C)c1CNC(CN(C)C)C(C)C. The summed E-state index contributed by atoms with van der Waals surface area (Å²) in [6.45, 7) is 10.6. The summed E-state index contributed by atoms with van der Waals surface area (Å²) in [7, 11) is 4.23. The smallest absolute Gasteiger partial charge is 0.0638 e. The van der Waals surface area contributed by atoms with Gasteiger partial charge in [0, 0.05) is 30.4 Å². The van der Waals surface area contributed by atoms with E-state index in [1.54, 1.807) is 0 Å². The minimum atomic E-state index is 0.513. The lowest BCUT2D eigenvalue weighted by Crippen LogP contribution is -2.41. The van der Waals surface area contributed by atoms with Crippen molar-refractivity contribution in [1.29, 1.82) is 0 Å². The van der Waals surface area contributed by atoms with Crippen LogP contribution in [0.4, 0.5) is 0 Å². The molecule has 0 bridgehead atoms. The fraction of sp³-hybridized carbons (Fsp3) is 0.769. The van der Waals surface area contributed by atoms with Crippen LogP contribution in [0.25, 0.3) is 0 Å². The summed E-state index contributed by atoms with van der Waals surface area (Å²) in [4.78, 5) is 2.23. The third-order valence-corrected chi connectivity index (χ3v) is 3.19. The highest BCUT2D eigenvalue weighted by Gasteiger charge is 2.15. The van der Waals surface area contributed by atoms with Gasteiger partial charge in [0.1, 0.15) is 0 Å². The Balaban J connectivity index is 2.58. The molecule has 0 saturated heterocycles. The molecule has 0 aliphatic rings. The molecule has 0 fully saturated rings. The van der Waals surface area contributed by atoms with E-state index in [0.29, 0.717) is 12.0 Å². The molecule has 1 atom stereocenters. The molecule has 0 aliphatic carbocycles. The van der Waals surface area contributed by atoms with Crippen LogP contribution in [0.3, 0.4) is 0 Å². The predicted molar refractivity (Wildman–Crippen MR) is 72.1 cm³/mol. The fourth-order valence-corrected chi connectivity index (χ4v) is 1.97. The summed E-state index contributed by atoms with van der Waals surface area (Å²) in [5, 5.41) is 10.9. The van der Waals surface area contributed by atoms with E-state index in [4.69, 9.17) is 0 Å². The van der Waals surface area contributed by atoms with Gasteiger partial charge in [0.2, 0.25) is 0 Å². The van der Waals surface area contributed by atoms with Gasteiger partial charge < -0.3 is 10.2 Å². The van der Waals surface area contributed by atoms with E-state index in [1.807, 2.05) is 0 Å². The maximum Gasteiger partial charge on any atom is 0.0638 e. The number of nitrogens with zero attached hydrogens (tertiary/aromatic N) is 2. The third kappa shape index (κ3) is 4.13. The highest BCUT2D eigenvalue weighted by Crippen LogP contribution is 2.10. The summed E-state index contributed by atoms with van der Waals surface area (Å²) >= 11 is 0. The highest BCUT2D eigenvalue weighted by molar-refractivity contribution is 5.22. The minimum Gasteiger partial charge on any atom is -0.308 e. The van der Waals surface area contributed by atoms with Gasteiger partial charge in [0.15, 0.2) is 0 Å². The molecule has 0 aliphatic heterocycles. The van der Waals surface area contributed by atoms with Crippen molar-refractivity contribution in [1.82, 2.24) is 20.4 Å². The van der Waals surface area contributed by atoms with E-state index < -0.39 is 0 Å². The molecule has 17 heavy (non-hydrogen) atoms. The first-order valence-electron chi connectivity index (χ1n) is 6.30. The van der Waals surface area contributed by atoms with Crippen LogP contribution in [-0.4, -0.2) is 41.8 Å². The zero-order chi connectivity index (χ0) is 13.0. The molecule has 4 nitrogen and oxygen atoms in total. The maximum absolute atomic E-state index is 4.22. The van der Waals surface area contributed by atoms with Gasteiger partial charge in [0.05, 0.1) is 5.69 Å². The number of aromatic amines is 1. The number of hydrogen-bond acceptors (Lipinski definition) is 3. The number of H-pyrrole nitrogens is 1. The van der Waals surface area contributed by atoms with Crippen molar-refractivity contribution in [3.63, 3.8) is 0 Å². The average Bonchev–Trinajstić information content (AvgIpc) is 2.53. The number of rotatable bonds is 6. The first kappa shape index (κ1) is 14.2. The molecule has 0 spiro atoms. The molecule has 1 unspecified atom stereocenters. The first-order chi connectivity index (χ1) is 7.91. The molecular formula is C13H26N4. The molecule has 1 rings (SSSR count). The average molecular weight is 238 g/mol. The predicted octanol–water partition coefficient (Wildman–Crippen LogP) is 1.70. The number of hydrogen-bond donors (Lipinski definition) is 2. The quantitative estimate of drug-likeness (QED) is 0.793. The van der Waals surface area contributed by atoms with Gasteiger partial charge >= 0.3 is 0 Å². The second kappa shape index (κ2) is 6.17. The fourth-order valence-electron chi connectivity index (χ4n) is 1.97.